The molecule has 1 aliphatic rings. The van der Waals surface area contributed by atoms with Crippen LogP contribution < -0.4 is 5.59 Å². The first-order valence-electron chi connectivity index (χ1n) is 5.25. The lowest BCUT2D eigenvalue weighted by Gasteiger charge is -2.46. The average molecular weight is 248 g/mol. The Morgan fingerprint density at radius 2 is 2.18 bits per heavy atom. The first kappa shape index (κ1) is 14.3. The monoisotopic (exact) mass is 248 g/mol. The molecular formula is C9H18N3O5-. The van der Waals surface area contributed by atoms with Gasteiger partial charge in [0, 0.05) is 13.1 Å². The van der Waals surface area contributed by atoms with Crippen LogP contribution in [0, 0.1) is 10.6 Å². The van der Waals surface area contributed by atoms with Gasteiger partial charge in [-0.3, -0.25) is 4.79 Å². The summed E-state index contributed by atoms with van der Waals surface area (Å²) < 4.78 is 4.75. The predicted molar refractivity (Wildman–Crippen MR) is 57.4 cm³/mol. The van der Waals surface area contributed by atoms with Crippen LogP contribution in [-0.2, 0) is 14.4 Å². The Morgan fingerprint density at radius 3 is 2.65 bits per heavy atom. The van der Waals surface area contributed by atoms with Crippen LogP contribution in [0.25, 0.3) is 0 Å². The molecule has 2 N–H and O–H groups in total. The van der Waals surface area contributed by atoms with Crippen LogP contribution in [0.5, 0.6) is 0 Å². The van der Waals surface area contributed by atoms with E-state index in [1.54, 1.807) is 20.8 Å². The van der Waals surface area contributed by atoms with Gasteiger partial charge in [0.25, 0.3) is 0 Å². The number of carbonyl (C=O) groups excluding carboxylic acids is 1. The minimum atomic E-state index is -0.609. The Labute approximate surface area is 99.5 Å². The lowest BCUT2D eigenvalue weighted by atomic mass is 9.98. The topological polar surface area (TPSA) is 97.3 Å². The van der Waals surface area contributed by atoms with Gasteiger partial charge in [0.05, 0.1) is 11.5 Å². The lowest BCUT2D eigenvalue weighted by molar-refractivity contribution is -0.235. The molecule has 0 radical (unpaired) electrons. The molecule has 8 heteroatoms. The van der Waals surface area contributed by atoms with Crippen molar-refractivity contribution >= 4 is 5.97 Å². The van der Waals surface area contributed by atoms with E-state index in [1.807, 2.05) is 5.59 Å². The quantitative estimate of drug-likeness (QED) is 0.287. The lowest BCUT2D eigenvalue weighted by Crippen LogP contribution is -2.60. The van der Waals surface area contributed by atoms with Gasteiger partial charge in [0.2, 0.25) is 6.79 Å². The number of nitrogens with zero attached hydrogens (tertiary/aromatic N) is 2. The summed E-state index contributed by atoms with van der Waals surface area (Å²) in [5, 5.41) is 21.8. The molecule has 0 aliphatic carbocycles. The molecule has 1 fully saturated rings. The molecule has 0 unspecified atom stereocenters. The molecule has 100 valence electrons. The summed E-state index contributed by atoms with van der Waals surface area (Å²) in [5.41, 5.74) is 1.42. The molecule has 1 aliphatic heterocycles. The van der Waals surface area contributed by atoms with Crippen LogP contribution in [0.4, 0.5) is 0 Å². The van der Waals surface area contributed by atoms with E-state index >= 15 is 0 Å². The molecule has 0 aromatic carbocycles. The molecule has 0 bridgehead atoms. The Kier molecular flexibility index (Phi) is 4.80. The number of nitrogens with one attached hydrogen (secondary N) is 1. The summed E-state index contributed by atoms with van der Waals surface area (Å²) in [6, 6.07) is 0. The zero-order chi connectivity index (χ0) is 13.1. The van der Waals surface area contributed by atoms with Gasteiger partial charge in [-0.05, 0) is 20.8 Å². The van der Waals surface area contributed by atoms with Gasteiger partial charge in [0.1, 0.15) is 0 Å². The number of hydrogen-bond acceptors (Lipinski definition) is 8. The number of aliphatic hydroxyl groups excluding tert-OH is 1. The Morgan fingerprint density at radius 1 is 1.59 bits per heavy atom. The second-order valence-corrected chi connectivity index (χ2v) is 4.83. The number of hydrogen-bond donors (Lipinski definition) is 2. The van der Waals surface area contributed by atoms with E-state index in [-0.39, 0.29) is 19.9 Å². The molecule has 0 spiro atoms. The summed E-state index contributed by atoms with van der Waals surface area (Å²) >= 11 is 0. The molecule has 1 rings (SSSR count). The van der Waals surface area contributed by atoms with E-state index in [1.165, 1.54) is 5.01 Å². The highest BCUT2D eigenvalue weighted by Crippen LogP contribution is 2.14. The van der Waals surface area contributed by atoms with Crippen molar-refractivity contribution in [2.75, 3.05) is 19.9 Å². The maximum absolute atomic E-state index is 11.3. The summed E-state index contributed by atoms with van der Waals surface area (Å²) in [4.78, 5) is 15.9. The van der Waals surface area contributed by atoms with Gasteiger partial charge in [-0.25, -0.2) is 15.1 Å². The number of carbonyl (C=O) groups is 1. The van der Waals surface area contributed by atoms with Crippen molar-refractivity contribution in [1.82, 2.24) is 15.9 Å². The highest BCUT2D eigenvalue weighted by atomic mass is 16.8. The Balaban J connectivity index is 2.06. The fraction of sp³-hybridized carbons (Fsp3) is 0.889. The van der Waals surface area contributed by atoms with Crippen LogP contribution in [0.3, 0.4) is 0 Å². The van der Waals surface area contributed by atoms with Crippen LogP contribution in [0.15, 0.2) is 0 Å². The summed E-state index contributed by atoms with van der Waals surface area (Å²) in [5.74, 6) is -0.420. The molecule has 0 aromatic rings. The van der Waals surface area contributed by atoms with Crippen molar-refractivity contribution in [2.24, 2.45) is 5.41 Å². The molecule has 1 saturated heterocycles. The first-order chi connectivity index (χ1) is 7.80. The SMILES string of the molecule is CC(C)(C)C(=O)OCONN([O-])N1CC(O)C1. The highest BCUT2D eigenvalue weighted by Gasteiger charge is 2.26. The van der Waals surface area contributed by atoms with Crippen LogP contribution in [0.1, 0.15) is 20.8 Å². The number of rotatable bonds is 5. The molecule has 0 amide bonds. The average Bonchev–Trinajstić information content (AvgIpc) is 2.17. The van der Waals surface area contributed by atoms with E-state index in [0.29, 0.717) is 5.28 Å². The number of hydrazine groups is 2. The second-order valence-electron chi connectivity index (χ2n) is 4.83. The fourth-order valence-corrected chi connectivity index (χ4v) is 1.02. The Hall–Kier alpha value is -0.770. The van der Waals surface area contributed by atoms with Crippen molar-refractivity contribution in [2.45, 2.75) is 26.9 Å². The van der Waals surface area contributed by atoms with Gasteiger partial charge in [-0.15, -0.1) is 5.59 Å². The Bertz CT molecular complexity index is 262. The smallest absolute Gasteiger partial charge is 0.313 e. The van der Waals surface area contributed by atoms with Crippen molar-refractivity contribution < 1.29 is 19.5 Å². The summed E-state index contributed by atoms with van der Waals surface area (Å²) in [6.07, 6.45) is -0.480. The van der Waals surface area contributed by atoms with E-state index in [4.69, 9.17) is 9.84 Å². The van der Waals surface area contributed by atoms with E-state index in [9.17, 15) is 10.0 Å². The zero-order valence-electron chi connectivity index (χ0n) is 10.2. The van der Waals surface area contributed by atoms with E-state index in [2.05, 4.69) is 4.84 Å². The van der Waals surface area contributed by atoms with Crippen LogP contribution in [-0.4, -0.2) is 47.4 Å². The van der Waals surface area contributed by atoms with Crippen molar-refractivity contribution in [1.29, 1.82) is 0 Å². The minimum Gasteiger partial charge on any atom is -0.756 e. The number of aliphatic hydroxyl groups is 1. The van der Waals surface area contributed by atoms with Gasteiger partial charge in [-0.1, -0.05) is 0 Å². The number of β-amino-alcohol motifs (C(OH)–C–C–N with tert-alkyl or cyclic N) is 1. The third-order valence-electron chi connectivity index (χ3n) is 2.10. The van der Waals surface area contributed by atoms with Crippen molar-refractivity contribution in [3.8, 4) is 0 Å². The number of esters is 1. The fourth-order valence-electron chi connectivity index (χ4n) is 1.02. The second kappa shape index (κ2) is 5.71. The largest absolute Gasteiger partial charge is 0.756 e. The first-order valence-corrected chi connectivity index (χ1v) is 5.25. The van der Waals surface area contributed by atoms with Crippen LogP contribution in [0.2, 0.25) is 0 Å². The van der Waals surface area contributed by atoms with Gasteiger partial charge < -0.3 is 15.1 Å². The number of ether oxygens (including phenoxy) is 1. The molecule has 0 atom stereocenters. The zero-order valence-corrected chi connectivity index (χ0v) is 10.2. The van der Waals surface area contributed by atoms with Crippen molar-refractivity contribution in [3.05, 3.63) is 5.21 Å². The maximum Gasteiger partial charge on any atom is 0.313 e. The van der Waals surface area contributed by atoms with Crippen molar-refractivity contribution in [3.63, 3.8) is 0 Å². The molecule has 17 heavy (non-hydrogen) atoms. The highest BCUT2D eigenvalue weighted by molar-refractivity contribution is 5.75. The molecule has 8 nitrogen and oxygen atoms in total. The van der Waals surface area contributed by atoms with E-state index < -0.39 is 17.5 Å². The minimum absolute atomic E-state index is 0.252. The normalized spacial score (nSPS) is 18.2. The summed E-state index contributed by atoms with van der Waals surface area (Å²) in [7, 11) is 0. The summed E-state index contributed by atoms with van der Waals surface area (Å²) in [6.45, 7) is 5.28. The van der Waals surface area contributed by atoms with E-state index in [0.717, 1.165) is 0 Å². The predicted octanol–water partition coefficient (Wildman–Crippen LogP) is -0.639. The van der Waals surface area contributed by atoms with Gasteiger partial charge >= 0.3 is 5.97 Å². The standard InChI is InChI=1S/C9H18N3O5/c1-9(2,3)8(14)16-6-17-10-12(15)11-4-7(13)5-11/h7,10,13H,4-6H2,1-3H3/q-1. The van der Waals surface area contributed by atoms with Gasteiger partial charge in [-0.2, -0.15) is 0 Å². The van der Waals surface area contributed by atoms with Crippen LogP contribution >= 0.6 is 0 Å². The maximum atomic E-state index is 11.3. The third kappa shape index (κ3) is 4.54. The molecular weight excluding hydrogens is 230 g/mol. The molecule has 0 aromatic heterocycles. The third-order valence-corrected chi connectivity index (χ3v) is 2.10. The molecule has 0 saturated carbocycles. The van der Waals surface area contributed by atoms with Gasteiger partial charge in [0.15, 0.2) is 0 Å². The molecule has 1 heterocycles.